The largest absolute Gasteiger partial charge is 0.549 e. The van der Waals surface area contributed by atoms with E-state index in [2.05, 4.69) is 0 Å². The molecular formula is H4O2Si2. The number of rotatable bonds is 0. The van der Waals surface area contributed by atoms with Crippen LogP contribution < -0.4 is 0 Å². The monoisotopic (exact) mass is 252 g/mol. The van der Waals surface area contributed by atoms with E-state index in [0.717, 1.165) is 0 Å². The molecule has 0 bridgehead atoms. The van der Waals surface area contributed by atoms with Gasteiger partial charge < -0.3 is 0 Å². The fourth-order valence-corrected chi connectivity index (χ4v) is 0. The average molecular weight is 252 g/mol. The highest BCUT2D eigenvalue weighted by molar-refractivity contribution is 5.94. The van der Waals surface area contributed by atoms with E-state index < -0.39 is 9.29 Å². The molecule has 4 heteroatoms. The molecule has 0 amide bonds. The van der Waals surface area contributed by atoms with Crippen molar-refractivity contribution in [2.75, 3.05) is 0 Å². The first-order valence-electron chi connectivity index (χ1n) is 0.408. The van der Waals surface area contributed by atoms with Gasteiger partial charge in [0.05, 0.1) is 0 Å². The van der Waals surface area contributed by atoms with Crippen LogP contribution in [-0.2, 0) is 8.92 Å². The third-order valence-corrected chi connectivity index (χ3v) is 0. The summed E-state index contributed by atoms with van der Waals surface area (Å²) >= 11 is 0. The smallest absolute Gasteiger partial charge is 0.274 e. The van der Waals surface area contributed by atoms with E-state index in [1.807, 2.05) is 0 Å². The van der Waals surface area contributed by atoms with E-state index in [-0.39, 0.29) is 11.0 Å². The third-order valence-electron chi connectivity index (χ3n) is 0. The Labute approximate surface area is 30.2 Å². The minimum Gasteiger partial charge on any atom is -0.274 e. The van der Waals surface area contributed by atoms with Crippen molar-refractivity contribution in [1.82, 2.24) is 0 Å². The molecule has 0 fully saturated rings. The van der Waals surface area contributed by atoms with Crippen LogP contribution in [0.4, 0.5) is 0 Å². The summed E-state index contributed by atoms with van der Waals surface area (Å²) in [6, 6.07) is 0. The molecule has 0 saturated carbocycles. The van der Waals surface area contributed by atoms with Crippen LogP contribution in [0.3, 0.4) is 0 Å². The van der Waals surface area contributed by atoms with Gasteiger partial charge in [-0.15, -0.1) is 0 Å². The van der Waals surface area contributed by atoms with Crippen LogP contribution >= 0.6 is 0 Å². The van der Waals surface area contributed by atoms with E-state index in [0.29, 0.717) is 0 Å². The van der Waals surface area contributed by atoms with E-state index in [9.17, 15) is 0 Å². The molecule has 0 aliphatic carbocycles. The van der Waals surface area contributed by atoms with Gasteiger partial charge in [0.15, 0.2) is 0 Å². The van der Waals surface area contributed by atoms with Gasteiger partial charge in [0.2, 0.25) is 0 Å². The van der Waals surface area contributed by atoms with Crippen molar-refractivity contribution in [2.45, 2.75) is 0 Å². The van der Waals surface area contributed by atoms with Gasteiger partial charge in [0, 0.05) is 0 Å². The lowest BCUT2D eigenvalue weighted by atomic mass is 15.9. The van der Waals surface area contributed by atoms with Crippen LogP contribution in [0.1, 0.15) is 0 Å². The fraction of sp³-hybridized carbons (Fsp3) is 0. The van der Waals surface area contributed by atoms with Crippen LogP contribution in [0, 0.1) is 0 Å². The highest BCUT2D eigenvalue weighted by Crippen LogP contribution is 0.759. The zero-order valence-electron chi connectivity index (χ0n) is 1.32. The molecule has 0 rings (SSSR count). The molecule has 2 nitrogen and oxygen atoms in total. The minimum absolute atomic E-state index is 0. The predicted molar refractivity (Wildman–Crippen MR) is 18.5 cm³/mol. The first-order valence-corrected chi connectivity index (χ1v) is 1.22. The Hall–Kier alpha value is 0.0338. The van der Waals surface area contributed by atoms with Crippen LogP contribution in [0.15, 0.2) is 0 Å². The van der Waals surface area contributed by atoms with Gasteiger partial charge in [0.1, 0.15) is 0 Å². The lowest BCUT2D eigenvalue weighted by molar-refractivity contribution is 0.497. The van der Waals surface area contributed by atoms with Crippen molar-refractivity contribution in [3.8, 4) is 0 Å². The molecule has 0 aromatic rings. The summed E-state index contributed by atoms with van der Waals surface area (Å²) in [5.74, 6) is 0. The molecule has 0 aliphatic rings. The van der Waals surface area contributed by atoms with E-state index in [1.54, 1.807) is 0 Å². The number of hydrogen-bond acceptors (Lipinski definition) is 2. The Balaban J connectivity index is 0. The molecule has 0 aliphatic heterocycles. The Morgan fingerprint density at radius 1 is 1.25 bits per heavy atom. The molecule has 0 N–H and O–H groups in total. The molecule has 0 aromatic carbocycles. The quantitative estimate of drug-likeness (QED) is 0.464. The van der Waals surface area contributed by atoms with Crippen LogP contribution in [0.5, 0.6) is 0 Å². The van der Waals surface area contributed by atoms with Crippen molar-refractivity contribution < 1.29 is 8.92 Å². The van der Waals surface area contributed by atoms with Crippen LogP contribution in [-0.4, -0.2) is 20.3 Å². The van der Waals surface area contributed by atoms with Crippen molar-refractivity contribution in [1.29, 1.82) is 0 Å². The van der Waals surface area contributed by atoms with E-state index in [1.165, 1.54) is 0 Å². The highest BCUT2D eigenvalue weighted by Gasteiger charge is 1.22. The first-order chi connectivity index (χ1) is 1.41. The summed E-state index contributed by atoms with van der Waals surface area (Å²) < 4.78 is 16.8. The molecule has 0 heterocycles. The van der Waals surface area contributed by atoms with Crippen molar-refractivity contribution in [3.63, 3.8) is 0 Å². The third kappa shape index (κ3) is 1910. The molecule has 4 heavy (non-hydrogen) atoms. The Bertz CT molecular complexity index is 25.0. The van der Waals surface area contributed by atoms with Crippen LogP contribution in [0.25, 0.3) is 0 Å². The standard InChI is InChI=1S/O2Si.H4Si/c1-3-2;/h;1H4/i;1-107. The zero-order chi connectivity index (χ0) is 2.71. The Morgan fingerprint density at radius 2 is 1.25 bits per heavy atom. The lowest BCUT2D eigenvalue weighted by Crippen LogP contribution is -1.26. The SMILES string of the molecule is O=[Si]=O.[188SiH4]. The second-order valence-corrected chi connectivity index (χ2v) is 0.250. The minimum atomic E-state index is -1.42. The molecule has 0 radical (unpaired) electrons. The summed E-state index contributed by atoms with van der Waals surface area (Å²) in [5, 5.41) is 0. The zero-order valence-corrected chi connectivity index (χ0v) is 2.32. The maximum atomic E-state index is 8.40. The maximum Gasteiger partial charge on any atom is 0.549 e. The summed E-state index contributed by atoms with van der Waals surface area (Å²) in [6.07, 6.45) is 0. The lowest BCUT2D eigenvalue weighted by Gasteiger charge is -0.944. The Morgan fingerprint density at radius 3 is 1.25 bits per heavy atom. The van der Waals surface area contributed by atoms with Gasteiger partial charge in [-0.3, -0.25) is 8.92 Å². The number of hydrogen-bond donors (Lipinski definition) is 0. The van der Waals surface area contributed by atoms with E-state index >= 15 is 0 Å². The van der Waals surface area contributed by atoms with Crippen LogP contribution in [0.2, 0.25) is 0 Å². The second-order valence-electron chi connectivity index (χ2n) is 0.0833. The Kier molecular flexibility index (Phi) is 26.3. The topological polar surface area (TPSA) is 34.1 Å². The van der Waals surface area contributed by atoms with Gasteiger partial charge in [-0.25, -0.2) is 0 Å². The van der Waals surface area contributed by atoms with Gasteiger partial charge in [-0.2, -0.15) is 0 Å². The molecule has 0 unspecified atom stereocenters. The molecule has 0 atom stereocenters. The van der Waals surface area contributed by atoms with Gasteiger partial charge in [-0.05, 0) is 11.0 Å². The summed E-state index contributed by atoms with van der Waals surface area (Å²) in [7, 11) is -1.42. The fourth-order valence-electron chi connectivity index (χ4n) is 0. The highest BCUT2D eigenvalue weighted by atomic mass is 188. The molecule has 0 aromatic heterocycles. The molecule has 0 saturated heterocycles. The van der Waals surface area contributed by atoms with E-state index in [4.69, 9.17) is 8.92 Å². The average Bonchev–Trinajstić information content (AvgIpc) is 0.918. The molecular weight excluding hydrogens is 248 g/mol. The molecule has 24 valence electrons. The second kappa shape index (κ2) is 11.7. The predicted octanol–water partition coefficient (Wildman–Crippen LogP) is -2.07. The summed E-state index contributed by atoms with van der Waals surface area (Å²) in [4.78, 5) is 0. The van der Waals surface area contributed by atoms with Gasteiger partial charge in [0.25, 0.3) is 0 Å². The van der Waals surface area contributed by atoms with Gasteiger partial charge in [-0.1, -0.05) is 0 Å². The summed E-state index contributed by atoms with van der Waals surface area (Å²) in [5.41, 5.74) is 0. The summed E-state index contributed by atoms with van der Waals surface area (Å²) in [6.45, 7) is 0. The van der Waals surface area contributed by atoms with Gasteiger partial charge >= 0.3 is 9.29 Å². The molecule has 0 spiro atoms. The van der Waals surface area contributed by atoms with Crippen molar-refractivity contribution >= 4 is 20.3 Å². The first kappa shape index (κ1) is 8.98. The van der Waals surface area contributed by atoms with Crippen molar-refractivity contribution in [2.24, 2.45) is 0 Å². The maximum absolute atomic E-state index is 8.40. The normalized spacial score (nSPS) is 2.00. The van der Waals surface area contributed by atoms with Crippen molar-refractivity contribution in [3.05, 3.63) is 0 Å².